The Balaban J connectivity index is 2.13. The molecule has 0 aliphatic heterocycles. The third kappa shape index (κ3) is 3.14. The maximum Gasteiger partial charge on any atom is 0.0359 e. The fourth-order valence-corrected chi connectivity index (χ4v) is 1.94. The van der Waals surface area contributed by atoms with Crippen molar-refractivity contribution in [1.82, 2.24) is 10.3 Å². The average Bonchev–Trinajstić information content (AvgIpc) is 2.39. The minimum absolute atomic E-state index is 0.348. The molecular weight excluding hydrogens is 208 g/mol. The van der Waals surface area contributed by atoms with Crippen molar-refractivity contribution in [1.29, 1.82) is 0 Å². The van der Waals surface area contributed by atoms with Crippen LogP contribution in [0.25, 0.3) is 0 Å². The van der Waals surface area contributed by atoms with E-state index < -0.39 is 0 Å². The summed E-state index contributed by atoms with van der Waals surface area (Å²) in [4.78, 5) is 4.05. The van der Waals surface area contributed by atoms with Crippen molar-refractivity contribution in [2.24, 2.45) is 0 Å². The number of nitrogens with zero attached hydrogens (tertiary/aromatic N) is 1. The van der Waals surface area contributed by atoms with E-state index in [0.29, 0.717) is 6.04 Å². The molecule has 0 spiro atoms. The molecule has 2 rings (SSSR count). The summed E-state index contributed by atoms with van der Waals surface area (Å²) in [7, 11) is 2.00. The van der Waals surface area contributed by atoms with E-state index in [4.69, 9.17) is 0 Å². The Morgan fingerprint density at radius 3 is 2.29 bits per heavy atom. The van der Waals surface area contributed by atoms with Gasteiger partial charge in [0, 0.05) is 18.4 Å². The number of aromatic nitrogens is 1. The van der Waals surface area contributed by atoms with Crippen LogP contribution < -0.4 is 5.32 Å². The molecule has 0 aliphatic rings. The predicted octanol–water partition coefficient (Wildman–Crippen LogP) is 2.89. The fourth-order valence-electron chi connectivity index (χ4n) is 1.94. The summed E-state index contributed by atoms with van der Waals surface area (Å²) in [5.41, 5.74) is 3.94. The summed E-state index contributed by atoms with van der Waals surface area (Å²) in [6, 6.07) is 13.2. The standard InChI is InChI=1S/C15H18N2/c1-12-3-5-13(6-4-12)11-15(16-2)14-7-9-17-10-8-14/h3-10,15-16H,11H2,1-2H3. The summed E-state index contributed by atoms with van der Waals surface area (Å²) in [6.07, 6.45) is 4.68. The highest BCUT2D eigenvalue weighted by molar-refractivity contribution is 5.25. The molecule has 0 bridgehead atoms. The van der Waals surface area contributed by atoms with Crippen molar-refractivity contribution in [2.45, 2.75) is 19.4 Å². The molecule has 1 aromatic heterocycles. The van der Waals surface area contributed by atoms with Crippen LogP contribution in [0.15, 0.2) is 48.8 Å². The Morgan fingerprint density at radius 2 is 1.71 bits per heavy atom. The van der Waals surface area contributed by atoms with Gasteiger partial charge in [0.25, 0.3) is 0 Å². The molecule has 88 valence electrons. The highest BCUT2D eigenvalue weighted by Crippen LogP contribution is 2.17. The number of pyridine rings is 1. The molecule has 1 N–H and O–H groups in total. The van der Waals surface area contributed by atoms with Gasteiger partial charge in [-0.3, -0.25) is 4.98 Å². The first kappa shape index (κ1) is 11.8. The van der Waals surface area contributed by atoms with Crippen LogP contribution in [0.2, 0.25) is 0 Å². The number of hydrogen-bond acceptors (Lipinski definition) is 2. The van der Waals surface area contributed by atoms with E-state index in [2.05, 4.69) is 53.6 Å². The van der Waals surface area contributed by atoms with Crippen molar-refractivity contribution < 1.29 is 0 Å². The molecule has 2 aromatic rings. The quantitative estimate of drug-likeness (QED) is 0.867. The summed E-state index contributed by atoms with van der Waals surface area (Å²) in [6.45, 7) is 2.11. The van der Waals surface area contributed by atoms with Crippen LogP contribution in [-0.2, 0) is 6.42 Å². The second-order valence-corrected chi connectivity index (χ2v) is 4.31. The van der Waals surface area contributed by atoms with Crippen LogP contribution >= 0.6 is 0 Å². The van der Waals surface area contributed by atoms with E-state index in [0.717, 1.165) is 6.42 Å². The van der Waals surface area contributed by atoms with Crippen molar-refractivity contribution in [3.05, 3.63) is 65.5 Å². The summed E-state index contributed by atoms with van der Waals surface area (Å²) >= 11 is 0. The number of likely N-dealkylation sites (N-methyl/N-ethyl adjacent to an activating group) is 1. The molecule has 0 aliphatic carbocycles. The number of aryl methyl sites for hydroxylation is 1. The normalized spacial score (nSPS) is 12.4. The van der Waals surface area contributed by atoms with Gasteiger partial charge in [-0.15, -0.1) is 0 Å². The second kappa shape index (κ2) is 5.60. The first-order chi connectivity index (χ1) is 8.29. The van der Waals surface area contributed by atoms with Crippen molar-refractivity contribution in [3.63, 3.8) is 0 Å². The molecule has 1 aromatic carbocycles. The lowest BCUT2D eigenvalue weighted by atomic mass is 9.99. The molecule has 2 heteroatoms. The van der Waals surface area contributed by atoms with E-state index in [1.165, 1.54) is 16.7 Å². The van der Waals surface area contributed by atoms with Gasteiger partial charge < -0.3 is 5.32 Å². The molecule has 17 heavy (non-hydrogen) atoms. The fraction of sp³-hybridized carbons (Fsp3) is 0.267. The van der Waals surface area contributed by atoms with Crippen LogP contribution in [0.1, 0.15) is 22.7 Å². The van der Waals surface area contributed by atoms with Crippen LogP contribution in [0.5, 0.6) is 0 Å². The van der Waals surface area contributed by atoms with Crippen LogP contribution in [-0.4, -0.2) is 12.0 Å². The molecule has 1 heterocycles. The Labute approximate surface area is 103 Å². The van der Waals surface area contributed by atoms with Crippen LogP contribution in [0.3, 0.4) is 0 Å². The number of nitrogens with one attached hydrogen (secondary N) is 1. The van der Waals surface area contributed by atoms with Crippen molar-refractivity contribution >= 4 is 0 Å². The zero-order valence-electron chi connectivity index (χ0n) is 10.4. The molecule has 0 amide bonds. The lowest BCUT2D eigenvalue weighted by Crippen LogP contribution is -2.18. The monoisotopic (exact) mass is 226 g/mol. The third-order valence-corrected chi connectivity index (χ3v) is 3.02. The molecule has 0 radical (unpaired) electrons. The first-order valence-corrected chi connectivity index (χ1v) is 5.92. The van der Waals surface area contributed by atoms with Crippen molar-refractivity contribution in [2.75, 3.05) is 7.05 Å². The lowest BCUT2D eigenvalue weighted by Gasteiger charge is -2.16. The van der Waals surface area contributed by atoms with Crippen LogP contribution in [0, 0.1) is 6.92 Å². The van der Waals surface area contributed by atoms with E-state index in [1.807, 2.05) is 19.4 Å². The van der Waals surface area contributed by atoms with Gasteiger partial charge >= 0.3 is 0 Å². The van der Waals surface area contributed by atoms with Gasteiger partial charge in [-0.1, -0.05) is 29.8 Å². The van der Waals surface area contributed by atoms with E-state index in [1.54, 1.807) is 0 Å². The SMILES string of the molecule is CNC(Cc1ccc(C)cc1)c1ccncc1. The van der Waals surface area contributed by atoms with E-state index >= 15 is 0 Å². The van der Waals surface area contributed by atoms with Gasteiger partial charge in [-0.05, 0) is 43.7 Å². The molecule has 0 saturated carbocycles. The highest BCUT2D eigenvalue weighted by atomic mass is 14.9. The Hall–Kier alpha value is -1.67. The zero-order chi connectivity index (χ0) is 12.1. The second-order valence-electron chi connectivity index (χ2n) is 4.31. The van der Waals surface area contributed by atoms with Gasteiger partial charge in [0.05, 0.1) is 0 Å². The smallest absolute Gasteiger partial charge is 0.0359 e. The maximum absolute atomic E-state index is 4.05. The van der Waals surface area contributed by atoms with Gasteiger partial charge in [0.15, 0.2) is 0 Å². The number of rotatable bonds is 4. The summed E-state index contributed by atoms with van der Waals surface area (Å²) < 4.78 is 0. The van der Waals surface area contributed by atoms with Gasteiger partial charge in [0.1, 0.15) is 0 Å². The minimum Gasteiger partial charge on any atom is -0.313 e. The Bertz CT molecular complexity index is 448. The molecule has 1 unspecified atom stereocenters. The third-order valence-electron chi connectivity index (χ3n) is 3.02. The summed E-state index contributed by atoms with van der Waals surface area (Å²) in [5.74, 6) is 0. The van der Waals surface area contributed by atoms with E-state index in [9.17, 15) is 0 Å². The van der Waals surface area contributed by atoms with E-state index in [-0.39, 0.29) is 0 Å². The lowest BCUT2D eigenvalue weighted by molar-refractivity contribution is 0.591. The average molecular weight is 226 g/mol. The molecule has 2 nitrogen and oxygen atoms in total. The highest BCUT2D eigenvalue weighted by Gasteiger charge is 2.09. The molecular formula is C15H18N2. The number of benzene rings is 1. The van der Waals surface area contributed by atoms with Crippen molar-refractivity contribution in [3.8, 4) is 0 Å². The van der Waals surface area contributed by atoms with Gasteiger partial charge in [-0.25, -0.2) is 0 Å². The van der Waals surface area contributed by atoms with Gasteiger partial charge in [0.2, 0.25) is 0 Å². The molecule has 0 saturated heterocycles. The molecule has 0 fully saturated rings. The Kier molecular flexibility index (Phi) is 3.89. The Morgan fingerprint density at radius 1 is 1.06 bits per heavy atom. The minimum atomic E-state index is 0.348. The zero-order valence-corrected chi connectivity index (χ0v) is 10.4. The largest absolute Gasteiger partial charge is 0.313 e. The summed E-state index contributed by atoms with van der Waals surface area (Å²) in [5, 5.41) is 3.35. The predicted molar refractivity (Wildman–Crippen MR) is 70.9 cm³/mol. The topological polar surface area (TPSA) is 24.9 Å². The maximum atomic E-state index is 4.05. The van der Waals surface area contributed by atoms with Gasteiger partial charge in [-0.2, -0.15) is 0 Å². The number of hydrogen-bond donors (Lipinski definition) is 1. The first-order valence-electron chi connectivity index (χ1n) is 5.92. The molecule has 1 atom stereocenters. The van der Waals surface area contributed by atoms with Crippen LogP contribution in [0.4, 0.5) is 0 Å².